The van der Waals surface area contributed by atoms with Crippen LogP contribution in [0, 0.1) is 0 Å². The molecule has 1 aliphatic heterocycles. The van der Waals surface area contributed by atoms with Crippen molar-refractivity contribution in [1.82, 2.24) is 14.5 Å². The van der Waals surface area contributed by atoms with Gasteiger partial charge in [-0.15, -0.1) is 12.4 Å². The molecule has 1 heterocycles. The molecule has 206 valence electrons. The standard InChI is InChI=1S/C22H29ClF5N3O3S.ClH/c1-2-14-35(33,34)31-12-10-30(11-13-31)20(6-8-21(24,25)9-7-20)15-29-19(32)18-16(22(26,27)28)4-3-5-17(18)23;/h3-5H,2,6-15H2,1H3,(H,29,32);1H. The molecule has 14 heteroatoms. The van der Waals surface area contributed by atoms with Crippen LogP contribution in [-0.2, 0) is 16.2 Å². The minimum absolute atomic E-state index is 0. The minimum Gasteiger partial charge on any atom is -0.350 e. The summed E-state index contributed by atoms with van der Waals surface area (Å²) in [6, 6.07) is 3.03. The van der Waals surface area contributed by atoms with Gasteiger partial charge in [-0.2, -0.15) is 17.5 Å². The van der Waals surface area contributed by atoms with Crippen molar-refractivity contribution in [3.05, 3.63) is 34.3 Å². The van der Waals surface area contributed by atoms with Crippen molar-refractivity contribution in [2.24, 2.45) is 0 Å². The third-order valence-corrected chi connectivity index (χ3v) is 9.19. The highest BCUT2D eigenvalue weighted by Crippen LogP contribution is 2.42. The lowest BCUT2D eigenvalue weighted by molar-refractivity contribution is -0.138. The number of sulfonamides is 1. The predicted octanol–water partition coefficient (Wildman–Crippen LogP) is 4.82. The van der Waals surface area contributed by atoms with Crippen LogP contribution in [0.1, 0.15) is 54.9 Å². The number of alkyl halides is 5. The number of carbonyl (C=O) groups excluding carboxylic acids is 1. The molecule has 36 heavy (non-hydrogen) atoms. The SMILES string of the molecule is CCCS(=O)(=O)N1CCN(C2(CNC(=O)c3c(Cl)cccc3C(F)(F)F)CCC(F)(F)CC2)CC1.Cl. The van der Waals surface area contributed by atoms with E-state index in [-0.39, 0.29) is 68.7 Å². The summed E-state index contributed by atoms with van der Waals surface area (Å²) in [5.41, 5.74) is -2.83. The van der Waals surface area contributed by atoms with Gasteiger partial charge in [0.2, 0.25) is 15.9 Å². The van der Waals surface area contributed by atoms with Crippen LogP contribution in [-0.4, -0.2) is 73.5 Å². The van der Waals surface area contributed by atoms with Gasteiger partial charge in [-0.05, 0) is 31.4 Å². The number of benzene rings is 1. The smallest absolute Gasteiger partial charge is 0.350 e. The third kappa shape index (κ3) is 7.00. The summed E-state index contributed by atoms with van der Waals surface area (Å²) in [5, 5.41) is 2.14. The molecule has 1 saturated heterocycles. The molecule has 1 aliphatic carbocycles. The maximum absolute atomic E-state index is 14.0. The molecule has 0 bridgehead atoms. The number of hydrogen-bond donors (Lipinski definition) is 1. The third-order valence-electron chi connectivity index (χ3n) is 6.80. The Kier molecular flexibility index (Phi) is 10.1. The van der Waals surface area contributed by atoms with Gasteiger partial charge in [0.25, 0.3) is 5.91 Å². The highest BCUT2D eigenvalue weighted by molar-refractivity contribution is 7.89. The van der Waals surface area contributed by atoms with Gasteiger partial charge in [0.1, 0.15) is 0 Å². The van der Waals surface area contributed by atoms with E-state index >= 15 is 0 Å². The summed E-state index contributed by atoms with van der Waals surface area (Å²) in [6.45, 7) is 2.49. The summed E-state index contributed by atoms with van der Waals surface area (Å²) in [7, 11) is -3.42. The van der Waals surface area contributed by atoms with Crippen LogP contribution < -0.4 is 5.32 Å². The number of nitrogens with one attached hydrogen (secondary N) is 1. The zero-order valence-corrected chi connectivity index (χ0v) is 22.1. The fourth-order valence-electron chi connectivity index (χ4n) is 4.84. The summed E-state index contributed by atoms with van der Waals surface area (Å²) < 4.78 is 94.4. The quantitative estimate of drug-likeness (QED) is 0.469. The monoisotopic (exact) mass is 581 g/mol. The van der Waals surface area contributed by atoms with Crippen LogP contribution in [0.4, 0.5) is 22.0 Å². The zero-order valence-electron chi connectivity index (χ0n) is 19.7. The Hall–Kier alpha value is -1.21. The Balaban J connectivity index is 0.00000456. The summed E-state index contributed by atoms with van der Waals surface area (Å²) in [6.07, 6.45) is -5.18. The molecule has 1 saturated carbocycles. The number of hydrogen-bond acceptors (Lipinski definition) is 4. The second-order valence-corrected chi connectivity index (χ2v) is 11.6. The first-order valence-electron chi connectivity index (χ1n) is 11.5. The van der Waals surface area contributed by atoms with E-state index in [2.05, 4.69) is 5.32 Å². The lowest BCUT2D eigenvalue weighted by Gasteiger charge is -2.50. The number of halogens is 7. The summed E-state index contributed by atoms with van der Waals surface area (Å²) in [5.74, 6) is -3.89. The Bertz CT molecular complexity index is 1020. The molecule has 1 aromatic carbocycles. The second kappa shape index (κ2) is 11.7. The van der Waals surface area contributed by atoms with Gasteiger partial charge in [0, 0.05) is 51.1 Å². The first-order valence-corrected chi connectivity index (χ1v) is 13.4. The van der Waals surface area contributed by atoms with Crippen molar-refractivity contribution >= 4 is 39.9 Å². The molecular formula is C22H30Cl2F5N3O3S. The largest absolute Gasteiger partial charge is 0.417 e. The van der Waals surface area contributed by atoms with Gasteiger partial charge in [-0.25, -0.2) is 17.2 Å². The Morgan fingerprint density at radius 3 is 2.19 bits per heavy atom. The first-order chi connectivity index (χ1) is 16.2. The van der Waals surface area contributed by atoms with E-state index in [4.69, 9.17) is 11.6 Å². The number of nitrogens with zero attached hydrogens (tertiary/aromatic N) is 2. The Morgan fingerprint density at radius 1 is 1.08 bits per heavy atom. The number of rotatable bonds is 7. The van der Waals surface area contributed by atoms with Crippen molar-refractivity contribution < 1.29 is 35.2 Å². The molecule has 0 unspecified atom stereocenters. The van der Waals surface area contributed by atoms with Gasteiger partial charge in [0.05, 0.1) is 21.9 Å². The van der Waals surface area contributed by atoms with Gasteiger partial charge in [-0.1, -0.05) is 24.6 Å². The van der Waals surface area contributed by atoms with Crippen LogP contribution in [0.5, 0.6) is 0 Å². The van der Waals surface area contributed by atoms with E-state index in [9.17, 15) is 35.2 Å². The van der Waals surface area contributed by atoms with Gasteiger partial charge < -0.3 is 5.32 Å². The van der Waals surface area contributed by atoms with Crippen LogP contribution >= 0.6 is 24.0 Å². The molecule has 2 fully saturated rings. The predicted molar refractivity (Wildman–Crippen MR) is 129 cm³/mol. The van der Waals surface area contributed by atoms with Crippen LogP contribution in [0.3, 0.4) is 0 Å². The molecule has 1 amide bonds. The molecule has 0 spiro atoms. The molecular weight excluding hydrogens is 552 g/mol. The van der Waals surface area contributed by atoms with E-state index in [0.29, 0.717) is 6.42 Å². The van der Waals surface area contributed by atoms with Crippen molar-refractivity contribution in [3.63, 3.8) is 0 Å². The maximum atomic E-state index is 14.0. The molecule has 3 rings (SSSR count). The van der Waals surface area contributed by atoms with Crippen LogP contribution in [0.25, 0.3) is 0 Å². The molecule has 0 radical (unpaired) electrons. The Labute approximate surface area is 219 Å². The highest BCUT2D eigenvalue weighted by Gasteiger charge is 2.48. The summed E-state index contributed by atoms with van der Waals surface area (Å²) in [4.78, 5) is 14.7. The topological polar surface area (TPSA) is 69.7 Å². The average Bonchev–Trinajstić information content (AvgIpc) is 2.78. The number of piperazine rings is 1. The first kappa shape index (κ1) is 31.0. The number of amides is 1. The lowest BCUT2D eigenvalue weighted by atomic mass is 9.78. The average molecular weight is 582 g/mol. The van der Waals surface area contributed by atoms with Crippen molar-refractivity contribution in [2.45, 2.75) is 56.7 Å². The van der Waals surface area contributed by atoms with E-state index in [1.54, 1.807) is 6.92 Å². The van der Waals surface area contributed by atoms with E-state index in [0.717, 1.165) is 12.1 Å². The zero-order chi connectivity index (χ0) is 26.1. The molecule has 1 aromatic rings. The Morgan fingerprint density at radius 2 is 1.67 bits per heavy atom. The van der Waals surface area contributed by atoms with Crippen LogP contribution in [0.2, 0.25) is 5.02 Å². The van der Waals surface area contributed by atoms with E-state index in [1.807, 2.05) is 4.90 Å². The second-order valence-electron chi connectivity index (χ2n) is 9.13. The minimum atomic E-state index is -4.80. The van der Waals surface area contributed by atoms with Crippen molar-refractivity contribution in [2.75, 3.05) is 38.5 Å². The van der Waals surface area contributed by atoms with E-state index in [1.165, 1.54) is 10.4 Å². The van der Waals surface area contributed by atoms with Crippen molar-refractivity contribution in [3.8, 4) is 0 Å². The van der Waals surface area contributed by atoms with Crippen LogP contribution in [0.15, 0.2) is 18.2 Å². The molecule has 0 atom stereocenters. The van der Waals surface area contributed by atoms with E-state index < -0.39 is 57.5 Å². The number of carbonyl (C=O) groups is 1. The fourth-order valence-corrected chi connectivity index (χ4v) is 6.59. The summed E-state index contributed by atoms with van der Waals surface area (Å²) >= 11 is 5.92. The van der Waals surface area contributed by atoms with Gasteiger partial charge in [-0.3, -0.25) is 9.69 Å². The lowest BCUT2D eigenvalue weighted by Crippen LogP contribution is -2.63. The maximum Gasteiger partial charge on any atom is 0.417 e. The van der Waals surface area contributed by atoms with Gasteiger partial charge >= 0.3 is 6.18 Å². The van der Waals surface area contributed by atoms with Gasteiger partial charge in [0.15, 0.2) is 0 Å². The molecule has 2 aliphatic rings. The normalized spacial score (nSPS) is 21.0. The fraction of sp³-hybridized carbons (Fsp3) is 0.682. The molecule has 0 aromatic heterocycles. The molecule has 1 N–H and O–H groups in total. The van der Waals surface area contributed by atoms with Crippen molar-refractivity contribution in [1.29, 1.82) is 0 Å². The highest BCUT2D eigenvalue weighted by atomic mass is 35.5. The molecule has 6 nitrogen and oxygen atoms in total.